The van der Waals surface area contributed by atoms with Crippen molar-refractivity contribution in [3.05, 3.63) is 0 Å². The maximum atomic E-state index is 10.7. The monoisotopic (exact) mass is 204 g/mol. The van der Waals surface area contributed by atoms with Crippen LogP contribution in [0.3, 0.4) is 0 Å². The summed E-state index contributed by atoms with van der Waals surface area (Å²) in [4.78, 5) is 21.4. The fourth-order valence-corrected chi connectivity index (χ4v) is 0.789. The zero-order chi connectivity index (χ0) is 11.4. The van der Waals surface area contributed by atoms with Gasteiger partial charge < -0.3 is 21.3 Å². The van der Waals surface area contributed by atoms with E-state index < -0.39 is 23.4 Å². The molecule has 0 aromatic heterocycles. The summed E-state index contributed by atoms with van der Waals surface area (Å²) in [5, 5.41) is 9.34. The molecule has 6 nitrogen and oxygen atoms in total. The van der Waals surface area contributed by atoms with Crippen molar-refractivity contribution >= 4 is 11.9 Å². The number of amides is 1. The van der Waals surface area contributed by atoms with E-state index in [1.54, 1.807) is 13.8 Å². The van der Waals surface area contributed by atoms with Gasteiger partial charge in [-0.25, -0.2) is 0 Å². The van der Waals surface area contributed by atoms with Crippen molar-refractivity contribution in [2.24, 2.45) is 16.9 Å². The molecular weight excluding hydrogens is 188 g/mol. The van der Waals surface area contributed by atoms with Crippen LogP contribution in [0.2, 0.25) is 0 Å². The van der Waals surface area contributed by atoms with Crippen LogP contribution in [0.1, 0.15) is 13.8 Å². The van der Waals surface area contributed by atoms with Crippen molar-refractivity contribution in [2.75, 3.05) is 13.2 Å². The van der Waals surface area contributed by atoms with Gasteiger partial charge in [0.2, 0.25) is 5.91 Å². The highest BCUT2D eigenvalue weighted by Gasteiger charge is 2.33. The molecule has 0 fully saturated rings. The molecule has 0 heterocycles. The largest absolute Gasteiger partial charge is 0.464 e. The standard InChI is InChI=1S/C8H16N2O4/c1-8(2,6(12)7(10)13)4-14-5(11)3-9/h6,12H,3-4,9H2,1-2H3,(H2,10,13)/t6-/m0/s1. The number of ether oxygens (including phenoxy) is 1. The van der Waals surface area contributed by atoms with Crippen LogP contribution >= 0.6 is 0 Å². The molecule has 0 aliphatic heterocycles. The number of hydrogen-bond acceptors (Lipinski definition) is 5. The Labute approximate surface area is 82.2 Å². The molecular formula is C8H16N2O4. The van der Waals surface area contributed by atoms with Gasteiger partial charge in [-0.05, 0) is 0 Å². The number of aliphatic hydroxyl groups excluding tert-OH is 1. The molecule has 0 saturated carbocycles. The van der Waals surface area contributed by atoms with Crippen molar-refractivity contribution in [1.82, 2.24) is 0 Å². The number of primary amides is 1. The maximum absolute atomic E-state index is 10.7. The molecule has 82 valence electrons. The summed E-state index contributed by atoms with van der Waals surface area (Å²) in [6, 6.07) is 0. The van der Waals surface area contributed by atoms with Crippen LogP contribution in [0.5, 0.6) is 0 Å². The molecule has 0 aliphatic rings. The van der Waals surface area contributed by atoms with Crippen molar-refractivity contribution in [3.63, 3.8) is 0 Å². The molecule has 0 saturated heterocycles. The Balaban J connectivity index is 4.19. The predicted octanol–water partition coefficient (Wildman–Crippen LogP) is -1.64. The molecule has 14 heavy (non-hydrogen) atoms. The lowest BCUT2D eigenvalue weighted by Crippen LogP contribution is -2.44. The van der Waals surface area contributed by atoms with E-state index in [2.05, 4.69) is 0 Å². The van der Waals surface area contributed by atoms with Crippen LogP contribution in [-0.2, 0) is 14.3 Å². The van der Waals surface area contributed by atoms with Gasteiger partial charge in [0.25, 0.3) is 0 Å². The van der Waals surface area contributed by atoms with Gasteiger partial charge in [-0.3, -0.25) is 9.59 Å². The van der Waals surface area contributed by atoms with E-state index in [0.29, 0.717) is 0 Å². The second-order valence-corrected chi connectivity index (χ2v) is 3.66. The van der Waals surface area contributed by atoms with Gasteiger partial charge in [0.05, 0.1) is 13.2 Å². The predicted molar refractivity (Wildman–Crippen MR) is 49.0 cm³/mol. The van der Waals surface area contributed by atoms with Crippen molar-refractivity contribution in [2.45, 2.75) is 20.0 Å². The van der Waals surface area contributed by atoms with Gasteiger partial charge in [-0.2, -0.15) is 0 Å². The van der Waals surface area contributed by atoms with Gasteiger partial charge >= 0.3 is 5.97 Å². The summed E-state index contributed by atoms with van der Waals surface area (Å²) in [5.74, 6) is -1.44. The van der Waals surface area contributed by atoms with Crippen molar-refractivity contribution < 1.29 is 19.4 Å². The SMILES string of the molecule is CC(C)(COC(=O)CN)[C@@H](O)C(N)=O. The lowest BCUT2D eigenvalue weighted by atomic mass is 9.87. The van der Waals surface area contributed by atoms with Crippen LogP contribution in [0.25, 0.3) is 0 Å². The highest BCUT2D eigenvalue weighted by Crippen LogP contribution is 2.20. The Morgan fingerprint density at radius 1 is 1.50 bits per heavy atom. The first-order valence-corrected chi connectivity index (χ1v) is 4.14. The number of carbonyl (C=O) groups excluding carboxylic acids is 2. The highest BCUT2D eigenvalue weighted by molar-refractivity contribution is 5.79. The maximum Gasteiger partial charge on any atom is 0.319 e. The zero-order valence-electron chi connectivity index (χ0n) is 8.32. The fraction of sp³-hybridized carbons (Fsp3) is 0.750. The molecule has 0 spiro atoms. The number of carbonyl (C=O) groups is 2. The minimum atomic E-state index is -1.35. The second kappa shape index (κ2) is 4.92. The summed E-state index contributed by atoms with van der Waals surface area (Å²) < 4.78 is 4.70. The van der Waals surface area contributed by atoms with E-state index >= 15 is 0 Å². The third-order valence-electron chi connectivity index (χ3n) is 1.78. The van der Waals surface area contributed by atoms with Crippen LogP contribution in [0, 0.1) is 5.41 Å². The zero-order valence-corrected chi connectivity index (χ0v) is 8.32. The summed E-state index contributed by atoms with van der Waals surface area (Å²) in [6.07, 6.45) is -1.35. The molecule has 0 rings (SSSR count). The summed E-state index contributed by atoms with van der Waals surface area (Å²) >= 11 is 0. The quantitative estimate of drug-likeness (QED) is 0.464. The Morgan fingerprint density at radius 2 is 2.00 bits per heavy atom. The molecule has 0 aromatic rings. The van der Waals surface area contributed by atoms with E-state index in [0.717, 1.165) is 0 Å². The van der Waals surface area contributed by atoms with Gasteiger partial charge in [-0.15, -0.1) is 0 Å². The lowest BCUT2D eigenvalue weighted by Gasteiger charge is -2.27. The first kappa shape index (κ1) is 12.9. The van der Waals surface area contributed by atoms with E-state index in [1.165, 1.54) is 0 Å². The number of rotatable bonds is 5. The van der Waals surface area contributed by atoms with Crippen LogP contribution < -0.4 is 11.5 Å². The topological polar surface area (TPSA) is 116 Å². The first-order valence-electron chi connectivity index (χ1n) is 4.14. The Hall–Kier alpha value is -1.14. The molecule has 0 radical (unpaired) electrons. The molecule has 0 aliphatic carbocycles. The van der Waals surface area contributed by atoms with E-state index in [9.17, 15) is 14.7 Å². The molecule has 0 bridgehead atoms. The van der Waals surface area contributed by atoms with Gasteiger partial charge in [0.1, 0.15) is 6.10 Å². The third kappa shape index (κ3) is 3.71. The summed E-state index contributed by atoms with van der Waals surface area (Å²) in [5.41, 5.74) is 9.01. The van der Waals surface area contributed by atoms with Gasteiger partial charge in [0, 0.05) is 5.41 Å². The van der Waals surface area contributed by atoms with E-state index in [-0.39, 0.29) is 13.2 Å². The Kier molecular flexibility index (Phi) is 4.52. The molecule has 1 atom stereocenters. The summed E-state index contributed by atoms with van der Waals surface area (Å²) in [7, 11) is 0. The van der Waals surface area contributed by atoms with Gasteiger partial charge in [-0.1, -0.05) is 13.8 Å². The average molecular weight is 204 g/mol. The Morgan fingerprint density at radius 3 is 2.36 bits per heavy atom. The highest BCUT2D eigenvalue weighted by atomic mass is 16.5. The fourth-order valence-electron chi connectivity index (χ4n) is 0.789. The van der Waals surface area contributed by atoms with Crippen LogP contribution in [0.4, 0.5) is 0 Å². The lowest BCUT2D eigenvalue weighted by molar-refractivity contribution is -0.151. The minimum Gasteiger partial charge on any atom is -0.464 e. The normalized spacial score (nSPS) is 13.4. The summed E-state index contributed by atoms with van der Waals surface area (Å²) in [6.45, 7) is 2.79. The Bertz CT molecular complexity index is 227. The minimum absolute atomic E-state index is 0.104. The van der Waals surface area contributed by atoms with Gasteiger partial charge in [0.15, 0.2) is 0 Å². The molecule has 5 N–H and O–H groups in total. The number of esters is 1. The van der Waals surface area contributed by atoms with E-state index in [1.807, 2.05) is 0 Å². The smallest absolute Gasteiger partial charge is 0.319 e. The van der Waals surface area contributed by atoms with Crippen molar-refractivity contribution in [3.8, 4) is 0 Å². The molecule has 0 aromatic carbocycles. The molecule has 0 unspecified atom stereocenters. The van der Waals surface area contributed by atoms with Crippen molar-refractivity contribution in [1.29, 1.82) is 0 Å². The molecule has 6 heteroatoms. The average Bonchev–Trinajstić information content (AvgIpc) is 2.12. The number of nitrogens with two attached hydrogens (primary N) is 2. The second-order valence-electron chi connectivity index (χ2n) is 3.66. The number of hydrogen-bond donors (Lipinski definition) is 3. The first-order chi connectivity index (χ1) is 6.31. The number of aliphatic hydroxyl groups is 1. The van der Waals surface area contributed by atoms with Crippen LogP contribution in [0.15, 0.2) is 0 Å². The third-order valence-corrected chi connectivity index (χ3v) is 1.78. The van der Waals surface area contributed by atoms with E-state index in [4.69, 9.17) is 16.2 Å². The molecule has 1 amide bonds. The van der Waals surface area contributed by atoms with Crippen LogP contribution in [-0.4, -0.2) is 36.2 Å².